The molecule has 0 radical (unpaired) electrons. The molecule has 0 spiro atoms. The summed E-state index contributed by atoms with van der Waals surface area (Å²) in [5.41, 5.74) is 1.27. The van der Waals surface area contributed by atoms with Gasteiger partial charge in [0.25, 0.3) is 0 Å². The van der Waals surface area contributed by atoms with Crippen LogP contribution in [0, 0.1) is 5.92 Å². The molecule has 1 N–H and O–H groups in total. The molecule has 0 bridgehead atoms. The van der Waals surface area contributed by atoms with Gasteiger partial charge in [-0.15, -0.1) is 0 Å². The first-order valence-corrected chi connectivity index (χ1v) is 5.44. The molecule has 0 saturated carbocycles. The van der Waals surface area contributed by atoms with Gasteiger partial charge in [-0.1, -0.05) is 51.1 Å². The second kappa shape index (κ2) is 5.54. The normalized spacial score (nSPS) is 12.5. The second-order valence-corrected chi connectivity index (χ2v) is 4.21. The van der Waals surface area contributed by atoms with Gasteiger partial charge in [-0.05, 0) is 11.5 Å². The van der Waals surface area contributed by atoms with Gasteiger partial charge in [0.2, 0.25) is 5.91 Å². The summed E-state index contributed by atoms with van der Waals surface area (Å²) in [5.74, 6) is 0.555. The SMILES string of the molecule is CC(C)C(=O)NC[C@H](C)c1ccccc1. The van der Waals surface area contributed by atoms with Gasteiger partial charge in [-0.25, -0.2) is 0 Å². The predicted octanol–water partition coefficient (Wildman–Crippen LogP) is 2.56. The number of carbonyl (C=O) groups is 1. The highest BCUT2D eigenvalue weighted by Crippen LogP contribution is 2.13. The highest BCUT2D eigenvalue weighted by Gasteiger charge is 2.09. The average molecular weight is 205 g/mol. The highest BCUT2D eigenvalue weighted by molar-refractivity contribution is 5.77. The lowest BCUT2D eigenvalue weighted by Crippen LogP contribution is -2.30. The Morgan fingerprint density at radius 1 is 1.20 bits per heavy atom. The van der Waals surface area contributed by atoms with Gasteiger partial charge in [0.15, 0.2) is 0 Å². The Hall–Kier alpha value is -1.31. The Labute approximate surface area is 91.7 Å². The first-order valence-electron chi connectivity index (χ1n) is 5.44. The van der Waals surface area contributed by atoms with E-state index in [0.717, 1.165) is 0 Å². The molecule has 1 amide bonds. The summed E-state index contributed by atoms with van der Waals surface area (Å²) < 4.78 is 0. The Morgan fingerprint density at radius 2 is 1.80 bits per heavy atom. The van der Waals surface area contributed by atoms with Crippen molar-refractivity contribution in [1.29, 1.82) is 0 Å². The van der Waals surface area contributed by atoms with Crippen LogP contribution >= 0.6 is 0 Å². The van der Waals surface area contributed by atoms with Crippen LogP contribution in [0.3, 0.4) is 0 Å². The van der Waals surface area contributed by atoms with Crippen LogP contribution < -0.4 is 5.32 Å². The number of hydrogen-bond donors (Lipinski definition) is 1. The van der Waals surface area contributed by atoms with E-state index < -0.39 is 0 Å². The third kappa shape index (κ3) is 3.74. The van der Waals surface area contributed by atoms with Gasteiger partial charge in [0, 0.05) is 12.5 Å². The fourth-order valence-corrected chi connectivity index (χ4v) is 1.36. The van der Waals surface area contributed by atoms with Gasteiger partial charge < -0.3 is 5.32 Å². The maximum Gasteiger partial charge on any atom is 0.222 e. The number of benzene rings is 1. The molecule has 0 fully saturated rings. The van der Waals surface area contributed by atoms with Crippen LogP contribution in [0.4, 0.5) is 0 Å². The fraction of sp³-hybridized carbons (Fsp3) is 0.462. The molecule has 0 heterocycles. The Bertz CT molecular complexity index is 306. The molecule has 1 aromatic rings. The second-order valence-electron chi connectivity index (χ2n) is 4.21. The zero-order valence-electron chi connectivity index (χ0n) is 9.66. The summed E-state index contributed by atoms with van der Waals surface area (Å²) in [7, 11) is 0. The van der Waals surface area contributed by atoms with E-state index in [2.05, 4.69) is 24.4 Å². The molecular weight excluding hydrogens is 186 g/mol. The third-order valence-corrected chi connectivity index (χ3v) is 2.48. The van der Waals surface area contributed by atoms with Gasteiger partial charge in [0.1, 0.15) is 0 Å². The van der Waals surface area contributed by atoms with E-state index in [-0.39, 0.29) is 11.8 Å². The van der Waals surface area contributed by atoms with Crippen LogP contribution in [-0.4, -0.2) is 12.5 Å². The Balaban J connectivity index is 2.44. The van der Waals surface area contributed by atoms with E-state index in [0.29, 0.717) is 12.5 Å². The lowest BCUT2D eigenvalue weighted by atomic mass is 10.0. The summed E-state index contributed by atoms with van der Waals surface area (Å²) in [4.78, 5) is 11.4. The van der Waals surface area contributed by atoms with Crippen LogP contribution in [-0.2, 0) is 4.79 Å². The van der Waals surface area contributed by atoms with Crippen molar-refractivity contribution in [2.45, 2.75) is 26.7 Å². The third-order valence-electron chi connectivity index (χ3n) is 2.48. The van der Waals surface area contributed by atoms with E-state index in [1.54, 1.807) is 0 Å². The lowest BCUT2D eigenvalue weighted by molar-refractivity contribution is -0.124. The summed E-state index contributed by atoms with van der Waals surface area (Å²) in [5, 5.41) is 2.94. The maximum atomic E-state index is 11.4. The predicted molar refractivity (Wildman–Crippen MR) is 62.7 cm³/mol. The summed E-state index contributed by atoms with van der Waals surface area (Å²) in [6, 6.07) is 10.2. The molecule has 2 heteroatoms. The van der Waals surface area contributed by atoms with Crippen LogP contribution in [0.2, 0.25) is 0 Å². The minimum Gasteiger partial charge on any atom is -0.355 e. The maximum absolute atomic E-state index is 11.4. The summed E-state index contributed by atoms with van der Waals surface area (Å²) in [6.45, 7) is 6.64. The minimum atomic E-state index is 0.0629. The van der Waals surface area contributed by atoms with Crippen molar-refractivity contribution in [1.82, 2.24) is 5.32 Å². The van der Waals surface area contributed by atoms with Crippen molar-refractivity contribution in [3.63, 3.8) is 0 Å². The first kappa shape index (κ1) is 11.8. The monoisotopic (exact) mass is 205 g/mol. The summed E-state index contributed by atoms with van der Waals surface area (Å²) in [6.07, 6.45) is 0. The number of rotatable bonds is 4. The minimum absolute atomic E-state index is 0.0629. The molecule has 0 saturated heterocycles. The molecule has 0 unspecified atom stereocenters. The Kier molecular flexibility index (Phi) is 4.35. The van der Waals surface area contributed by atoms with Gasteiger partial charge >= 0.3 is 0 Å². The highest BCUT2D eigenvalue weighted by atomic mass is 16.1. The zero-order chi connectivity index (χ0) is 11.3. The van der Waals surface area contributed by atoms with E-state index in [1.807, 2.05) is 32.0 Å². The standard InChI is InChI=1S/C13H19NO/c1-10(2)13(15)14-9-11(3)12-7-5-4-6-8-12/h4-8,10-11H,9H2,1-3H3,(H,14,15)/t11-/m0/s1. The molecule has 82 valence electrons. The fourth-order valence-electron chi connectivity index (χ4n) is 1.36. The molecule has 1 aromatic carbocycles. The van der Waals surface area contributed by atoms with E-state index >= 15 is 0 Å². The van der Waals surface area contributed by atoms with Gasteiger partial charge in [-0.2, -0.15) is 0 Å². The van der Waals surface area contributed by atoms with Crippen molar-refractivity contribution in [2.24, 2.45) is 5.92 Å². The van der Waals surface area contributed by atoms with Crippen LogP contribution in [0.15, 0.2) is 30.3 Å². The number of carbonyl (C=O) groups excluding carboxylic acids is 1. The molecule has 0 aliphatic heterocycles. The number of hydrogen-bond acceptors (Lipinski definition) is 1. The van der Waals surface area contributed by atoms with Crippen molar-refractivity contribution in [2.75, 3.05) is 6.54 Å². The molecule has 1 rings (SSSR count). The van der Waals surface area contributed by atoms with E-state index in [4.69, 9.17) is 0 Å². The molecule has 1 atom stereocenters. The van der Waals surface area contributed by atoms with E-state index in [9.17, 15) is 4.79 Å². The molecule has 15 heavy (non-hydrogen) atoms. The number of amides is 1. The van der Waals surface area contributed by atoms with Crippen LogP contribution in [0.25, 0.3) is 0 Å². The first-order chi connectivity index (χ1) is 7.11. The topological polar surface area (TPSA) is 29.1 Å². The molecular formula is C13H19NO. The van der Waals surface area contributed by atoms with Gasteiger partial charge in [0.05, 0.1) is 0 Å². The molecule has 0 aliphatic carbocycles. The van der Waals surface area contributed by atoms with Gasteiger partial charge in [-0.3, -0.25) is 4.79 Å². The van der Waals surface area contributed by atoms with Crippen LogP contribution in [0.1, 0.15) is 32.3 Å². The van der Waals surface area contributed by atoms with Crippen molar-refractivity contribution in [3.8, 4) is 0 Å². The average Bonchev–Trinajstić information content (AvgIpc) is 2.26. The molecule has 2 nitrogen and oxygen atoms in total. The smallest absolute Gasteiger partial charge is 0.222 e. The Morgan fingerprint density at radius 3 is 2.33 bits per heavy atom. The largest absolute Gasteiger partial charge is 0.355 e. The quantitative estimate of drug-likeness (QED) is 0.804. The molecule has 0 aromatic heterocycles. The zero-order valence-corrected chi connectivity index (χ0v) is 9.66. The van der Waals surface area contributed by atoms with Crippen LogP contribution in [0.5, 0.6) is 0 Å². The van der Waals surface area contributed by atoms with Crippen molar-refractivity contribution >= 4 is 5.91 Å². The molecule has 0 aliphatic rings. The van der Waals surface area contributed by atoms with Crippen molar-refractivity contribution in [3.05, 3.63) is 35.9 Å². The lowest BCUT2D eigenvalue weighted by Gasteiger charge is -2.14. The summed E-state index contributed by atoms with van der Waals surface area (Å²) >= 11 is 0. The van der Waals surface area contributed by atoms with Crippen molar-refractivity contribution < 1.29 is 4.79 Å². The number of nitrogens with one attached hydrogen (secondary N) is 1. The van der Waals surface area contributed by atoms with E-state index in [1.165, 1.54) is 5.56 Å².